The molecular weight excluding hydrogens is 184 g/mol. The third kappa shape index (κ3) is 4.52. The number of rotatable bonds is 6. The summed E-state index contributed by atoms with van der Waals surface area (Å²) in [6.07, 6.45) is 11.3. The molecule has 0 heterocycles. The van der Waals surface area contributed by atoms with Gasteiger partial charge in [-0.15, -0.1) is 0 Å². The van der Waals surface area contributed by atoms with Crippen molar-refractivity contribution < 1.29 is 0 Å². The van der Waals surface area contributed by atoms with Crippen LogP contribution in [0, 0.1) is 5.92 Å². The van der Waals surface area contributed by atoms with E-state index in [0.717, 1.165) is 5.92 Å². The van der Waals surface area contributed by atoms with Gasteiger partial charge in [-0.1, -0.05) is 39.0 Å². The van der Waals surface area contributed by atoms with Crippen molar-refractivity contribution in [3.63, 3.8) is 0 Å². The molecular formula is C13H28N2. The second kappa shape index (κ2) is 7.24. The van der Waals surface area contributed by atoms with Crippen LogP contribution in [-0.4, -0.2) is 24.7 Å². The molecule has 0 aromatic heterocycles. The van der Waals surface area contributed by atoms with E-state index >= 15 is 0 Å². The molecule has 0 saturated heterocycles. The Balaban J connectivity index is 2.20. The van der Waals surface area contributed by atoms with Crippen LogP contribution >= 0.6 is 0 Å². The van der Waals surface area contributed by atoms with Gasteiger partial charge in [0.25, 0.3) is 0 Å². The van der Waals surface area contributed by atoms with Gasteiger partial charge in [0.15, 0.2) is 0 Å². The summed E-state index contributed by atoms with van der Waals surface area (Å²) in [6, 6.07) is 0.705. The predicted octanol–water partition coefficient (Wildman–Crippen LogP) is 2.97. The zero-order valence-corrected chi connectivity index (χ0v) is 10.5. The summed E-state index contributed by atoms with van der Waals surface area (Å²) in [6.45, 7) is 2.97. The van der Waals surface area contributed by atoms with E-state index in [-0.39, 0.29) is 0 Å². The first-order valence-corrected chi connectivity index (χ1v) is 6.68. The quantitative estimate of drug-likeness (QED) is 0.686. The number of nitrogens with zero attached hydrogens (tertiary/aromatic N) is 1. The molecule has 1 atom stereocenters. The van der Waals surface area contributed by atoms with Gasteiger partial charge in [0.05, 0.1) is 0 Å². The van der Waals surface area contributed by atoms with Gasteiger partial charge in [0.1, 0.15) is 0 Å². The SMILES string of the molecule is CCC(CCC1CCCCC1)N(C)CN. The summed E-state index contributed by atoms with van der Waals surface area (Å²) >= 11 is 0. The number of hydrogen-bond donors (Lipinski definition) is 1. The average Bonchev–Trinajstić information content (AvgIpc) is 2.31. The lowest BCUT2D eigenvalue weighted by molar-refractivity contribution is 0.207. The summed E-state index contributed by atoms with van der Waals surface area (Å²) in [4.78, 5) is 2.29. The molecule has 2 N–H and O–H groups in total. The van der Waals surface area contributed by atoms with Gasteiger partial charge in [-0.2, -0.15) is 0 Å². The Kier molecular flexibility index (Phi) is 6.26. The molecule has 2 nitrogen and oxygen atoms in total. The van der Waals surface area contributed by atoms with Crippen LogP contribution in [0.1, 0.15) is 58.3 Å². The lowest BCUT2D eigenvalue weighted by atomic mass is 9.85. The molecule has 0 spiro atoms. The van der Waals surface area contributed by atoms with E-state index in [4.69, 9.17) is 5.73 Å². The summed E-state index contributed by atoms with van der Waals surface area (Å²) < 4.78 is 0. The Bertz CT molecular complexity index is 153. The summed E-state index contributed by atoms with van der Waals surface area (Å²) in [7, 11) is 2.15. The maximum Gasteiger partial charge on any atom is 0.0455 e. The van der Waals surface area contributed by atoms with Crippen LogP contribution in [0.15, 0.2) is 0 Å². The fraction of sp³-hybridized carbons (Fsp3) is 1.00. The minimum atomic E-state index is 0.698. The molecule has 1 rings (SSSR count). The van der Waals surface area contributed by atoms with E-state index in [9.17, 15) is 0 Å². The lowest BCUT2D eigenvalue weighted by Crippen LogP contribution is -2.36. The van der Waals surface area contributed by atoms with Crippen molar-refractivity contribution in [1.82, 2.24) is 4.90 Å². The van der Waals surface area contributed by atoms with Gasteiger partial charge >= 0.3 is 0 Å². The van der Waals surface area contributed by atoms with E-state index in [1.54, 1.807) is 0 Å². The maximum atomic E-state index is 5.68. The first-order chi connectivity index (χ1) is 7.27. The second-order valence-electron chi connectivity index (χ2n) is 5.08. The molecule has 15 heavy (non-hydrogen) atoms. The maximum absolute atomic E-state index is 5.68. The molecule has 2 heteroatoms. The van der Waals surface area contributed by atoms with Gasteiger partial charge in [-0.05, 0) is 32.2 Å². The fourth-order valence-electron chi connectivity index (χ4n) is 2.79. The Morgan fingerprint density at radius 1 is 1.27 bits per heavy atom. The van der Waals surface area contributed by atoms with Crippen molar-refractivity contribution in [2.75, 3.05) is 13.7 Å². The monoisotopic (exact) mass is 212 g/mol. The average molecular weight is 212 g/mol. The predicted molar refractivity (Wildman–Crippen MR) is 66.7 cm³/mol. The number of hydrogen-bond acceptors (Lipinski definition) is 2. The van der Waals surface area contributed by atoms with Crippen LogP contribution in [0.4, 0.5) is 0 Å². The van der Waals surface area contributed by atoms with Crippen molar-refractivity contribution in [3.8, 4) is 0 Å². The molecule has 0 aromatic carbocycles. The highest BCUT2D eigenvalue weighted by Crippen LogP contribution is 2.28. The van der Waals surface area contributed by atoms with Crippen LogP contribution in [0.2, 0.25) is 0 Å². The topological polar surface area (TPSA) is 29.3 Å². The molecule has 1 aliphatic carbocycles. The first kappa shape index (κ1) is 13.0. The number of nitrogens with two attached hydrogens (primary N) is 1. The van der Waals surface area contributed by atoms with Gasteiger partial charge in [-0.3, -0.25) is 4.90 Å². The molecule has 1 fully saturated rings. The second-order valence-corrected chi connectivity index (χ2v) is 5.08. The van der Waals surface area contributed by atoms with Gasteiger partial charge in [-0.25, -0.2) is 0 Å². The van der Waals surface area contributed by atoms with Gasteiger partial charge in [0.2, 0.25) is 0 Å². The molecule has 1 unspecified atom stereocenters. The third-order valence-corrected chi connectivity index (χ3v) is 4.02. The van der Waals surface area contributed by atoms with Gasteiger partial charge in [0, 0.05) is 12.7 Å². The summed E-state index contributed by atoms with van der Waals surface area (Å²) in [5.74, 6) is 1.01. The molecule has 0 aliphatic heterocycles. The minimum Gasteiger partial charge on any atom is -0.318 e. The third-order valence-electron chi connectivity index (χ3n) is 4.02. The van der Waals surface area contributed by atoms with Crippen molar-refractivity contribution in [3.05, 3.63) is 0 Å². The van der Waals surface area contributed by atoms with Crippen molar-refractivity contribution in [2.45, 2.75) is 64.3 Å². The zero-order chi connectivity index (χ0) is 11.1. The van der Waals surface area contributed by atoms with Crippen molar-refractivity contribution in [1.29, 1.82) is 0 Å². The highest BCUT2D eigenvalue weighted by Gasteiger charge is 2.17. The molecule has 0 amide bonds. The smallest absolute Gasteiger partial charge is 0.0455 e. The van der Waals surface area contributed by atoms with E-state index in [1.807, 2.05) is 0 Å². The molecule has 0 bridgehead atoms. The van der Waals surface area contributed by atoms with E-state index < -0.39 is 0 Å². The Morgan fingerprint density at radius 3 is 2.47 bits per heavy atom. The van der Waals surface area contributed by atoms with Crippen LogP contribution in [0.5, 0.6) is 0 Å². The van der Waals surface area contributed by atoms with E-state index in [2.05, 4.69) is 18.9 Å². The molecule has 0 aromatic rings. The van der Waals surface area contributed by atoms with Crippen molar-refractivity contribution in [2.24, 2.45) is 11.7 Å². The Hall–Kier alpha value is -0.0800. The fourth-order valence-corrected chi connectivity index (χ4v) is 2.79. The summed E-state index contributed by atoms with van der Waals surface area (Å²) in [5, 5.41) is 0. The Morgan fingerprint density at radius 2 is 1.93 bits per heavy atom. The van der Waals surface area contributed by atoms with E-state index in [1.165, 1.54) is 51.4 Å². The Labute approximate surface area is 95.2 Å². The van der Waals surface area contributed by atoms with E-state index in [0.29, 0.717) is 12.7 Å². The van der Waals surface area contributed by atoms with Crippen LogP contribution in [0.3, 0.4) is 0 Å². The van der Waals surface area contributed by atoms with Crippen molar-refractivity contribution >= 4 is 0 Å². The van der Waals surface area contributed by atoms with Gasteiger partial charge < -0.3 is 5.73 Å². The molecule has 0 radical (unpaired) electrons. The van der Waals surface area contributed by atoms with Crippen LogP contribution < -0.4 is 5.73 Å². The van der Waals surface area contributed by atoms with Crippen LogP contribution in [-0.2, 0) is 0 Å². The normalized spacial score (nSPS) is 20.8. The van der Waals surface area contributed by atoms with Crippen LogP contribution in [0.25, 0.3) is 0 Å². The zero-order valence-electron chi connectivity index (χ0n) is 10.5. The highest BCUT2D eigenvalue weighted by molar-refractivity contribution is 4.71. The standard InChI is InChI=1S/C13H28N2/c1-3-13(15(2)11-14)10-9-12-7-5-4-6-8-12/h12-13H,3-11,14H2,1-2H3. The minimum absolute atomic E-state index is 0.698. The summed E-state index contributed by atoms with van der Waals surface area (Å²) in [5.41, 5.74) is 5.68. The first-order valence-electron chi connectivity index (χ1n) is 6.68. The largest absolute Gasteiger partial charge is 0.318 e. The molecule has 1 saturated carbocycles. The lowest BCUT2D eigenvalue weighted by Gasteiger charge is -2.28. The molecule has 90 valence electrons. The molecule has 1 aliphatic rings. The highest BCUT2D eigenvalue weighted by atomic mass is 15.2.